The molecular formula is C20H19ClN2O4. The SMILES string of the molecule is COc1cc(Cl)c([C@@H]2NC(=O)NC(c3ccccc3)=C2C(C)=O)cc1OC. The van der Waals surface area contributed by atoms with Gasteiger partial charge in [-0.15, -0.1) is 0 Å². The van der Waals surface area contributed by atoms with Crippen molar-refractivity contribution < 1.29 is 19.1 Å². The smallest absolute Gasteiger partial charge is 0.320 e. The van der Waals surface area contributed by atoms with Gasteiger partial charge in [0.1, 0.15) is 0 Å². The molecule has 1 aliphatic heterocycles. The quantitative estimate of drug-likeness (QED) is 0.821. The highest BCUT2D eigenvalue weighted by atomic mass is 35.5. The maximum absolute atomic E-state index is 12.5. The van der Waals surface area contributed by atoms with Crippen LogP contribution in [0.4, 0.5) is 4.79 Å². The van der Waals surface area contributed by atoms with Crippen molar-refractivity contribution >= 4 is 29.1 Å². The Balaban J connectivity index is 2.22. The normalized spacial score (nSPS) is 16.4. The second-order valence-electron chi connectivity index (χ2n) is 5.97. The van der Waals surface area contributed by atoms with E-state index >= 15 is 0 Å². The molecule has 0 fully saturated rings. The zero-order valence-electron chi connectivity index (χ0n) is 15.1. The molecule has 27 heavy (non-hydrogen) atoms. The van der Waals surface area contributed by atoms with Crippen LogP contribution in [-0.2, 0) is 4.79 Å². The number of carbonyl (C=O) groups is 2. The van der Waals surface area contributed by atoms with Gasteiger partial charge in [-0.3, -0.25) is 4.79 Å². The molecule has 140 valence electrons. The minimum absolute atomic E-state index is 0.183. The van der Waals surface area contributed by atoms with Crippen LogP contribution in [0.25, 0.3) is 5.70 Å². The van der Waals surface area contributed by atoms with E-state index in [4.69, 9.17) is 21.1 Å². The van der Waals surface area contributed by atoms with Crippen LogP contribution in [0.1, 0.15) is 24.1 Å². The van der Waals surface area contributed by atoms with E-state index in [0.717, 1.165) is 5.56 Å². The predicted octanol–water partition coefficient (Wildman–Crippen LogP) is 3.71. The Kier molecular flexibility index (Phi) is 5.37. The van der Waals surface area contributed by atoms with Gasteiger partial charge in [0.15, 0.2) is 17.3 Å². The molecule has 3 rings (SSSR count). The van der Waals surface area contributed by atoms with Crippen molar-refractivity contribution in [2.45, 2.75) is 13.0 Å². The Morgan fingerprint density at radius 3 is 2.30 bits per heavy atom. The van der Waals surface area contributed by atoms with Gasteiger partial charge in [-0.1, -0.05) is 41.9 Å². The fourth-order valence-electron chi connectivity index (χ4n) is 3.10. The summed E-state index contributed by atoms with van der Waals surface area (Å²) in [6.45, 7) is 1.46. The van der Waals surface area contributed by atoms with Gasteiger partial charge in [-0.05, 0) is 18.6 Å². The number of hydrogen-bond donors (Lipinski definition) is 2. The number of urea groups is 1. The lowest BCUT2D eigenvalue weighted by atomic mass is 9.90. The highest BCUT2D eigenvalue weighted by Gasteiger charge is 2.33. The number of halogens is 1. The molecule has 1 heterocycles. The van der Waals surface area contributed by atoms with Crippen LogP contribution in [0.15, 0.2) is 48.0 Å². The first-order chi connectivity index (χ1) is 13.0. The van der Waals surface area contributed by atoms with Crippen LogP contribution in [0.5, 0.6) is 11.5 Å². The van der Waals surface area contributed by atoms with Crippen LogP contribution in [0.2, 0.25) is 5.02 Å². The van der Waals surface area contributed by atoms with Crippen LogP contribution in [-0.4, -0.2) is 26.0 Å². The average molecular weight is 387 g/mol. The fourth-order valence-corrected chi connectivity index (χ4v) is 3.36. The average Bonchev–Trinajstić information content (AvgIpc) is 2.67. The van der Waals surface area contributed by atoms with Crippen LogP contribution in [0, 0.1) is 0 Å². The number of amides is 2. The molecule has 2 aromatic rings. The topological polar surface area (TPSA) is 76.7 Å². The van der Waals surface area contributed by atoms with Gasteiger partial charge in [0.2, 0.25) is 0 Å². The minimum Gasteiger partial charge on any atom is -0.493 e. The summed E-state index contributed by atoms with van der Waals surface area (Å²) in [4.78, 5) is 24.8. The molecule has 0 aromatic heterocycles. The van der Waals surface area contributed by atoms with Crippen molar-refractivity contribution in [1.82, 2.24) is 10.6 Å². The third-order valence-corrected chi connectivity index (χ3v) is 4.65. The van der Waals surface area contributed by atoms with Crippen LogP contribution < -0.4 is 20.1 Å². The number of hydrogen-bond acceptors (Lipinski definition) is 4. The van der Waals surface area contributed by atoms with Crippen molar-refractivity contribution in [2.24, 2.45) is 0 Å². The van der Waals surface area contributed by atoms with Gasteiger partial charge in [-0.25, -0.2) is 4.79 Å². The summed E-state index contributed by atoms with van der Waals surface area (Å²) in [5.41, 5.74) is 2.15. The Morgan fingerprint density at radius 2 is 1.70 bits per heavy atom. The van der Waals surface area contributed by atoms with Gasteiger partial charge in [-0.2, -0.15) is 0 Å². The van der Waals surface area contributed by atoms with E-state index in [1.165, 1.54) is 21.1 Å². The Labute approximate surface area is 162 Å². The molecule has 2 amide bonds. The van der Waals surface area contributed by atoms with E-state index in [2.05, 4.69) is 10.6 Å². The third kappa shape index (κ3) is 3.61. The monoisotopic (exact) mass is 386 g/mol. The largest absolute Gasteiger partial charge is 0.493 e. The lowest BCUT2D eigenvalue weighted by Gasteiger charge is -2.30. The molecule has 0 aliphatic carbocycles. The third-order valence-electron chi connectivity index (χ3n) is 4.33. The Bertz CT molecular complexity index is 925. The summed E-state index contributed by atoms with van der Waals surface area (Å²) in [5, 5.41) is 5.88. The van der Waals surface area contributed by atoms with Crippen LogP contribution in [0.3, 0.4) is 0 Å². The Hall–Kier alpha value is -2.99. The minimum atomic E-state index is -0.723. The molecule has 0 radical (unpaired) electrons. The summed E-state index contributed by atoms with van der Waals surface area (Å²) >= 11 is 6.44. The van der Waals surface area contributed by atoms with Crippen LogP contribution >= 0.6 is 11.6 Å². The van der Waals surface area contributed by atoms with Gasteiger partial charge in [0.25, 0.3) is 0 Å². The zero-order chi connectivity index (χ0) is 19.6. The molecule has 0 unspecified atom stereocenters. The van der Waals surface area contributed by atoms with E-state index in [0.29, 0.717) is 33.4 Å². The maximum atomic E-state index is 12.5. The molecule has 7 heteroatoms. The molecule has 2 aromatic carbocycles. The molecule has 2 N–H and O–H groups in total. The number of methoxy groups -OCH3 is 2. The van der Waals surface area contributed by atoms with E-state index < -0.39 is 12.1 Å². The van der Waals surface area contributed by atoms with Gasteiger partial charge < -0.3 is 20.1 Å². The molecule has 0 saturated heterocycles. The molecule has 6 nitrogen and oxygen atoms in total. The highest BCUT2D eigenvalue weighted by Crippen LogP contribution is 2.40. The second-order valence-corrected chi connectivity index (χ2v) is 6.38. The molecule has 0 bridgehead atoms. The zero-order valence-corrected chi connectivity index (χ0v) is 15.9. The summed E-state index contributed by atoms with van der Waals surface area (Å²) < 4.78 is 10.6. The first-order valence-electron chi connectivity index (χ1n) is 8.25. The molecule has 1 aliphatic rings. The number of ketones is 1. The summed E-state index contributed by atoms with van der Waals surface area (Å²) in [5.74, 6) is 0.731. The van der Waals surface area contributed by atoms with E-state index in [1.54, 1.807) is 12.1 Å². The number of rotatable bonds is 5. The first-order valence-corrected chi connectivity index (χ1v) is 8.63. The molecule has 0 saturated carbocycles. The number of Topliss-reactive ketones (excluding diaryl/α,β-unsaturated/α-hetero) is 1. The summed E-state index contributed by atoms with van der Waals surface area (Å²) in [7, 11) is 3.02. The Morgan fingerprint density at radius 1 is 1.07 bits per heavy atom. The molecule has 0 spiro atoms. The van der Waals surface area contributed by atoms with Crippen molar-refractivity contribution in [3.8, 4) is 11.5 Å². The van der Waals surface area contributed by atoms with Gasteiger partial charge >= 0.3 is 6.03 Å². The highest BCUT2D eigenvalue weighted by molar-refractivity contribution is 6.31. The first kappa shape index (κ1) is 18.8. The second kappa shape index (κ2) is 7.72. The molecule has 1 atom stereocenters. The van der Waals surface area contributed by atoms with Crippen molar-refractivity contribution in [2.75, 3.05) is 14.2 Å². The number of carbonyl (C=O) groups excluding carboxylic acids is 2. The van der Waals surface area contributed by atoms with E-state index in [9.17, 15) is 9.59 Å². The maximum Gasteiger partial charge on any atom is 0.320 e. The van der Waals surface area contributed by atoms with E-state index in [-0.39, 0.29) is 5.78 Å². The number of benzene rings is 2. The number of ether oxygens (including phenoxy) is 2. The van der Waals surface area contributed by atoms with Crippen molar-refractivity contribution in [3.63, 3.8) is 0 Å². The van der Waals surface area contributed by atoms with Gasteiger partial charge in [0, 0.05) is 17.2 Å². The lowest BCUT2D eigenvalue weighted by molar-refractivity contribution is -0.113. The summed E-state index contributed by atoms with van der Waals surface area (Å²) in [6, 6.07) is 11.3. The summed E-state index contributed by atoms with van der Waals surface area (Å²) in [6.07, 6.45) is 0. The van der Waals surface area contributed by atoms with E-state index in [1.807, 2.05) is 30.3 Å². The standard InChI is InChI=1S/C20H19ClN2O4/c1-11(24)17-18(12-7-5-4-6-8-12)22-20(25)23-19(17)13-9-15(26-2)16(27-3)10-14(13)21/h4-10,19H,1-3H3,(H2,22,23,25)/t19-/m0/s1. The van der Waals surface area contributed by atoms with Crippen molar-refractivity contribution in [1.29, 1.82) is 0 Å². The predicted molar refractivity (Wildman–Crippen MR) is 103 cm³/mol. The van der Waals surface area contributed by atoms with Gasteiger partial charge in [0.05, 0.1) is 31.0 Å². The molecular weight excluding hydrogens is 368 g/mol. The lowest BCUT2D eigenvalue weighted by Crippen LogP contribution is -2.44. The number of nitrogens with one attached hydrogen (secondary N) is 2. The van der Waals surface area contributed by atoms with Crippen molar-refractivity contribution in [3.05, 3.63) is 64.2 Å². The fraction of sp³-hybridized carbons (Fsp3) is 0.200.